The van der Waals surface area contributed by atoms with Crippen LogP contribution in [0.5, 0.6) is 5.75 Å². The van der Waals surface area contributed by atoms with Gasteiger partial charge >= 0.3 is 6.09 Å². The van der Waals surface area contributed by atoms with Crippen LogP contribution in [0, 0.1) is 12.8 Å². The maximum absolute atomic E-state index is 12.7. The van der Waals surface area contributed by atoms with Crippen LogP contribution in [0.2, 0.25) is 0 Å². The number of ether oxygens (including phenoxy) is 2. The number of aryl methyl sites for hydroxylation is 1. The Hall–Kier alpha value is -3.29. The molecule has 1 unspecified atom stereocenters. The molecule has 1 aromatic heterocycles. The first-order valence-electron chi connectivity index (χ1n) is 12.2. The minimum atomic E-state index is -2.53. The topological polar surface area (TPSA) is 78.5 Å². The van der Waals surface area contributed by atoms with Gasteiger partial charge < -0.3 is 19.8 Å². The number of alkyl halides is 2. The molecule has 0 spiro atoms. The summed E-state index contributed by atoms with van der Waals surface area (Å²) in [6.07, 6.45) is 2.35. The van der Waals surface area contributed by atoms with E-state index in [1.165, 1.54) is 0 Å². The van der Waals surface area contributed by atoms with Crippen LogP contribution in [0.3, 0.4) is 0 Å². The molecule has 1 heterocycles. The van der Waals surface area contributed by atoms with E-state index in [9.17, 15) is 13.6 Å². The third kappa shape index (κ3) is 4.79. The first kappa shape index (κ1) is 23.5. The molecule has 2 saturated carbocycles. The van der Waals surface area contributed by atoms with Crippen molar-refractivity contribution in [2.45, 2.75) is 64.5 Å². The fraction of sp³-hybridized carbons (Fsp3) is 0.444. The van der Waals surface area contributed by atoms with Gasteiger partial charge in [0, 0.05) is 28.7 Å². The Morgan fingerprint density at radius 1 is 1.17 bits per heavy atom. The summed E-state index contributed by atoms with van der Waals surface area (Å²) >= 11 is 0. The molecule has 2 fully saturated rings. The number of nitrogens with two attached hydrogens (primary N) is 1. The van der Waals surface area contributed by atoms with Gasteiger partial charge in [0.25, 0.3) is 6.43 Å². The highest BCUT2D eigenvalue weighted by Crippen LogP contribution is 2.45. The van der Waals surface area contributed by atoms with E-state index in [0.717, 1.165) is 59.8 Å². The Balaban J connectivity index is 1.46. The quantitative estimate of drug-likeness (QED) is 0.365. The smallest absolute Gasteiger partial charge is 0.411 e. The SMILES string of the molecule is Cc1cc(-c2c(N)c3ccc(OCC(F)F)cc3n2C2CCC2)ccc1NC(=O)OC(C)C1CC1. The summed E-state index contributed by atoms with van der Waals surface area (Å²) < 4.78 is 38.3. The number of hydrogen-bond acceptors (Lipinski definition) is 4. The van der Waals surface area contributed by atoms with Crippen molar-refractivity contribution >= 4 is 28.4 Å². The summed E-state index contributed by atoms with van der Waals surface area (Å²) in [4.78, 5) is 12.3. The molecular weight excluding hydrogens is 452 g/mol. The average Bonchev–Trinajstić information content (AvgIpc) is 3.59. The number of fused-ring (bicyclic) bond motifs is 1. The van der Waals surface area contributed by atoms with Gasteiger partial charge in [-0.2, -0.15) is 0 Å². The summed E-state index contributed by atoms with van der Waals surface area (Å²) in [5.41, 5.74) is 11.6. The van der Waals surface area contributed by atoms with E-state index in [1.54, 1.807) is 12.1 Å². The van der Waals surface area contributed by atoms with Crippen LogP contribution in [0.15, 0.2) is 36.4 Å². The molecule has 0 aliphatic heterocycles. The number of halogens is 2. The number of carbonyl (C=O) groups excluding carboxylic acids is 1. The highest BCUT2D eigenvalue weighted by atomic mass is 19.3. The second-order valence-corrected chi connectivity index (χ2v) is 9.70. The summed E-state index contributed by atoms with van der Waals surface area (Å²) in [7, 11) is 0. The van der Waals surface area contributed by atoms with Crippen molar-refractivity contribution in [1.29, 1.82) is 0 Å². The average molecular weight is 484 g/mol. The molecule has 0 bridgehead atoms. The number of aromatic nitrogens is 1. The van der Waals surface area contributed by atoms with Crippen molar-refractivity contribution in [3.8, 4) is 17.0 Å². The Labute approximate surface area is 203 Å². The van der Waals surface area contributed by atoms with Crippen molar-refractivity contribution < 1.29 is 23.0 Å². The standard InChI is InChI=1S/C27H31F2N3O3/c1-15-12-18(8-11-22(15)31-27(33)35-16(2)17-6-7-17)26-25(30)21-10-9-20(34-14-24(28)29)13-23(21)32(26)19-4-3-5-19/h8-13,16-17,19,24H,3-7,14,30H2,1-2H3,(H,31,33). The van der Waals surface area contributed by atoms with Gasteiger partial charge in [-0.3, -0.25) is 5.32 Å². The fourth-order valence-electron chi connectivity index (χ4n) is 4.81. The Kier molecular flexibility index (Phi) is 6.30. The number of benzene rings is 2. The maximum Gasteiger partial charge on any atom is 0.411 e. The van der Waals surface area contributed by atoms with E-state index in [1.807, 2.05) is 38.1 Å². The lowest BCUT2D eigenvalue weighted by Gasteiger charge is -2.30. The van der Waals surface area contributed by atoms with Gasteiger partial charge in [0.05, 0.1) is 16.9 Å². The van der Waals surface area contributed by atoms with Crippen molar-refractivity contribution in [3.63, 3.8) is 0 Å². The normalized spacial score (nSPS) is 16.8. The molecule has 6 nitrogen and oxygen atoms in total. The van der Waals surface area contributed by atoms with E-state index in [2.05, 4.69) is 9.88 Å². The Morgan fingerprint density at radius 2 is 1.94 bits per heavy atom. The second kappa shape index (κ2) is 9.40. The first-order chi connectivity index (χ1) is 16.8. The fourth-order valence-corrected chi connectivity index (χ4v) is 4.81. The molecule has 3 N–H and O–H groups in total. The summed E-state index contributed by atoms with van der Waals surface area (Å²) in [6.45, 7) is 3.22. The molecule has 2 aromatic carbocycles. The van der Waals surface area contributed by atoms with Crippen LogP contribution >= 0.6 is 0 Å². The predicted molar refractivity (Wildman–Crippen MR) is 133 cm³/mol. The molecule has 5 rings (SSSR count). The number of rotatable bonds is 8. The third-order valence-electron chi connectivity index (χ3n) is 7.15. The first-order valence-corrected chi connectivity index (χ1v) is 12.2. The number of anilines is 2. The van der Waals surface area contributed by atoms with E-state index >= 15 is 0 Å². The van der Waals surface area contributed by atoms with E-state index in [4.69, 9.17) is 15.2 Å². The van der Waals surface area contributed by atoms with Crippen molar-refractivity contribution in [2.24, 2.45) is 5.92 Å². The zero-order chi connectivity index (χ0) is 24.7. The molecule has 3 aromatic rings. The van der Waals surface area contributed by atoms with Crippen LogP contribution in [-0.2, 0) is 4.74 Å². The molecule has 2 aliphatic carbocycles. The number of nitrogens with one attached hydrogen (secondary N) is 1. The van der Waals surface area contributed by atoms with Crippen LogP contribution in [0.1, 0.15) is 50.6 Å². The van der Waals surface area contributed by atoms with Gasteiger partial charge in [-0.05, 0) is 81.7 Å². The zero-order valence-electron chi connectivity index (χ0n) is 20.0. The number of nitrogen functional groups attached to an aromatic ring is 1. The minimum absolute atomic E-state index is 0.0814. The number of amides is 1. The molecule has 0 saturated heterocycles. The predicted octanol–water partition coefficient (Wildman–Crippen LogP) is 6.91. The van der Waals surface area contributed by atoms with E-state index in [-0.39, 0.29) is 12.1 Å². The molecule has 0 radical (unpaired) electrons. The lowest BCUT2D eigenvalue weighted by molar-refractivity contribution is 0.0819. The van der Waals surface area contributed by atoms with Gasteiger partial charge in [0.1, 0.15) is 18.5 Å². The zero-order valence-corrected chi connectivity index (χ0v) is 20.0. The van der Waals surface area contributed by atoms with E-state index < -0.39 is 19.1 Å². The van der Waals surface area contributed by atoms with E-state index in [0.29, 0.717) is 23.0 Å². The van der Waals surface area contributed by atoms with Crippen molar-refractivity contribution in [3.05, 3.63) is 42.0 Å². The number of carbonyl (C=O) groups is 1. The molecule has 186 valence electrons. The van der Waals surface area contributed by atoms with Gasteiger partial charge in [0.2, 0.25) is 0 Å². The number of nitrogens with zero attached hydrogens (tertiary/aromatic N) is 1. The molecular formula is C27H31F2N3O3. The molecule has 35 heavy (non-hydrogen) atoms. The van der Waals surface area contributed by atoms with Crippen LogP contribution in [0.4, 0.5) is 25.0 Å². The highest BCUT2D eigenvalue weighted by Gasteiger charge is 2.31. The third-order valence-corrected chi connectivity index (χ3v) is 7.15. The largest absolute Gasteiger partial charge is 0.488 e. The molecule has 1 atom stereocenters. The van der Waals surface area contributed by atoms with Gasteiger partial charge in [-0.25, -0.2) is 13.6 Å². The minimum Gasteiger partial charge on any atom is -0.488 e. The van der Waals surface area contributed by atoms with Crippen LogP contribution in [0.25, 0.3) is 22.2 Å². The van der Waals surface area contributed by atoms with Gasteiger partial charge in [-0.15, -0.1) is 0 Å². The van der Waals surface area contributed by atoms with Crippen molar-refractivity contribution in [2.75, 3.05) is 17.7 Å². The van der Waals surface area contributed by atoms with Gasteiger partial charge in [0.15, 0.2) is 0 Å². The lowest BCUT2D eigenvalue weighted by atomic mass is 9.92. The monoisotopic (exact) mass is 483 g/mol. The molecule has 1 amide bonds. The number of hydrogen-bond donors (Lipinski definition) is 2. The summed E-state index contributed by atoms with van der Waals surface area (Å²) in [5.74, 6) is 0.874. The van der Waals surface area contributed by atoms with Gasteiger partial charge in [-0.1, -0.05) is 6.07 Å². The summed E-state index contributed by atoms with van der Waals surface area (Å²) in [6, 6.07) is 11.4. The lowest BCUT2D eigenvalue weighted by Crippen LogP contribution is -2.22. The molecule has 2 aliphatic rings. The Bertz CT molecular complexity index is 1250. The van der Waals surface area contributed by atoms with Crippen LogP contribution < -0.4 is 15.8 Å². The van der Waals surface area contributed by atoms with Crippen molar-refractivity contribution in [1.82, 2.24) is 4.57 Å². The second-order valence-electron chi connectivity index (χ2n) is 9.70. The molecule has 8 heteroatoms. The Morgan fingerprint density at radius 3 is 2.57 bits per heavy atom. The summed E-state index contributed by atoms with van der Waals surface area (Å²) in [5, 5.41) is 3.73. The van der Waals surface area contributed by atoms with Crippen LogP contribution in [-0.4, -0.2) is 29.8 Å². The maximum atomic E-state index is 12.7. The highest BCUT2D eigenvalue weighted by molar-refractivity contribution is 6.02.